The third-order valence-electron chi connectivity index (χ3n) is 5.33. The topological polar surface area (TPSA) is 84.9 Å². The highest BCUT2D eigenvalue weighted by Gasteiger charge is 2.62. The van der Waals surface area contributed by atoms with E-state index < -0.39 is 11.4 Å². The summed E-state index contributed by atoms with van der Waals surface area (Å²) in [6.07, 6.45) is 7.27. The van der Waals surface area contributed by atoms with Crippen LogP contribution in [0.25, 0.3) is 6.08 Å². The molecule has 7 nitrogen and oxygen atoms in total. The number of nitrogens with zero attached hydrogens (tertiary/aromatic N) is 2. The number of aldehydes is 1. The molecule has 1 aromatic carbocycles. The Hall–Kier alpha value is -1.87. The van der Waals surface area contributed by atoms with E-state index in [0.717, 1.165) is 32.1 Å². The molecule has 8 heteroatoms. The van der Waals surface area contributed by atoms with Crippen molar-refractivity contribution in [3.05, 3.63) is 35.5 Å². The molecule has 1 saturated carbocycles. The van der Waals surface area contributed by atoms with Crippen LogP contribution in [0.15, 0.2) is 29.3 Å². The Morgan fingerprint density at radius 3 is 2.85 bits per heavy atom. The van der Waals surface area contributed by atoms with Gasteiger partial charge in [0.15, 0.2) is 17.9 Å². The van der Waals surface area contributed by atoms with E-state index in [9.17, 15) is 14.1 Å². The SMILES string of the molecule is CNC1CCN([S+]([O-])c2cccc(C=O)c2/C=C\N(C)COC=O)C12CC2. The number of benzene rings is 1. The maximum atomic E-state index is 13.4. The average Bonchev–Trinajstić information content (AvgIpc) is 3.39. The van der Waals surface area contributed by atoms with Gasteiger partial charge in [-0.3, -0.25) is 9.59 Å². The fraction of sp³-hybridized carbons (Fsp3) is 0.474. The van der Waals surface area contributed by atoms with E-state index in [2.05, 4.69) is 9.62 Å². The first-order valence-electron chi connectivity index (χ1n) is 8.96. The number of likely N-dealkylation sites (N-methyl/N-ethyl adjacent to an activating group) is 1. The zero-order chi connectivity index (χ0) is 19.4. The van der Waals surface area contributed by atoms with Crippen molar-refractivity contribution in [2.75, 3.05) is 27.4 Å². The molecule has 3 rings (SSSR count). The lowest BCUT2D eigenvalue weighted by atomic mass is 10.1. The van der Waals surface area contributed by atoms with E-state index in [0.29, 0.717) is 28.5 Å². The minimum Gasteiger partial charge on any atom is -0.593 e. The van der Waals surface area contributed by atoms with E-state index in [4.69, 9.17) is 4.74 Å². The molecule has 1 aromatic rings. The highest BCUT2D eigenvalue weighted by Crippen LogP contribution is 2.52. The Morgan fingerprint density at radius 2 is 2.22 bits per heavy atom. The number of hydrogen-bond acceptors (Lipinski definition) is 7. The lowest BCUT2D eigenvalue weighted by Gasteiger charge is -2.29. The van der Waals surface area contributed by atoms with E-state index in [1.807, 2.05) is 13.1 Å². The Kier molecular flexibility index (Phi) is 6.21. The Balaban J connectivity index is 1.88. The van der Waals surface area contributed by atoms with Crippen molar-refractivity contribution < 1.29 is 18.9 Å². The van der Waals surface area contributed by atoms with Crippen molar-refractivity contribution in [1.29, 1.82) is 0 Å². The van der Waals surface area contributed by atoms with Gasteiger partial charge in [0.1, 0.15) is 0 Å². The lowest BCUT2D eigenvalue weighted by Crippen LogP contribution is -2.46. The van der Waals surface area contributed by atoms with Crippen LogP contribution in [0.5, 0.6) is 0 Å². The van der Waals surface area contributed by atoms with Crippen molar-refractivity contribution in [2.45, 2.75) is 35.7 Å². The molecule has 0 amide bonds. The molecule has 27 heavy (non-hydrogen) atoms. The predicted octanol–water partition coefficient (Wildman–Crippen LogP) is 1.38. The van der Waals surface area contributed by atoms with E-state index in [-0.39, 0.29) is 12.3 Å². The zero-order valence-corrected chi connectivity index (χ0v) is 16.4. The van der Waals surface area contributed by atoms with Gasteiger partial charge >= 0.3 is 0 Å². The molecule has 2 fully saturated rings. The first kappa shape index (κ1) is 19.9. The molecule has 146 valence electrons. The van der Waals surface area contributed by atoms with Crippen LogP contribution in [0, 0.1) is 0 Å². The molecule has 2 aliphatic rings. The van der Waals surface area contributed by atoms with E-state index >= 15 is 0 Å². The van der Waals surface area contributed by atoms with Crippen molar-refractivity contribution in [2.24, 2.45) is 0 Å². The van der Waals surface area contributed by atoms with Gasteiger partial charge in [-0.2, -0.15) is 0 Å². The van der Waals surface area contributed by atoms with Gasteiger partial charge in [0.2, 0.25) is 0 Å². The normalized spacial score (nSPS) is 22.1. The summed E-state index contributed by atoms with van der Waals surface area (Å²) in [6, 6.07) is 5.63. The largest absolute Gasteiger partial charge is 0.593 e. The fourth-order valence-corrected chi connectivity index (χ4v) is 5.52. The second-order valence-corrected chi connectivity index (χ2v) is 8.31. The van der Waals surface area contributed by atoms with Crippen LogP contribution in [0.3, 0.4) is 0 Å². The number of ether oxygens (including phenoxy) is 1. The van der Waals surface area contributed by atoms with Crippen LogP contribution >= 0.6 is 0 Å². The smallest absolute Gasteiger partial charge is 0.294 e. The van der Waals surface area contributed by atoms with E-state index in [1.54, 1.807) is 36.4 Å². The molecule has 1 aliphatic heterocycles. The summed E-state index contributed by atoms with van der Waals surface area (Å²) in [7, 11) is 3.70. The van der Waals surface area contributed by atoms with Gasteiger partial charge in [-0.25, -0.2) is 0 Å². The van der Waals surface area contributed by atoms with Gasteiger partial charge in [0.25, 0.3) is 6.47 Å². The predicted molar refractivity (Wildman–Crippen MR) is 103 cm³/mol. The molecule has 1 spiro atoms. The summed E-state index contributed by atoms with van der Waals surface area (Å²) >= 11 is -1.35. The summed E-state index contributed by atoms with van der Waals surface area (Å²) in [4.78, 5) is 24.2. The van der Waals surface area contributed by atoms with Crippen LogP contribution in [0.1, 0.15) is 35.2 Å². The van der Waals surface area contributed by atoms with E-state index in [1.165, 1.54) is 0 Å². The number of rotatable bonds is 9. The third kappa shape index (κ3) is 3.89. The third-order valence-corrected chi connectivity index (χ3v) is 7.01. The van der Waals surface area contributed by atoms with Crippen LogP contribution < -0.4 is 5.32 Å². The molecule has 0 bridgehead atoms. The molecule has 2 unspecified atom stereocenters. The maximum absolute atomic E-state index is 13.4. The minimum absolute atomic E-state index is 0.0353. The fourth-order valence-electron chi connectivity index (χ4n) is 3.80. The number of hydrogen-bond donors (Lipinski definition) is 1. The lowest BCUT2D eigenvalue weighted by molar-refractivity contribution is -0.131. The highest BCUT2D eigenvalue weighted by molar-refractivity contribution is 7.89. The second-order valence-electron chi connectivity index (χ2n) is 6.93. The molecule has 0 radical (unpaired) electrons. The van der Waals surface area contributed by atoms with Crippen LogP contribution in [0.4, 0.5) is 0 Å². The Morgan fingerprint density at radius 1 is 1.44 bits per heavy atom. The summed E-state index contributed by atoms with van der Waals surface area (Å²) in [6.45, 7) is 1.24. The van der Waals surface area contributed by atoms with Gasteiger partial charge in [-0.15, -0.1) is 4.31 Å². The van der Waals surface area contributed by atoms with Gasteiger partial charge in [0.05, 0.1) is 16.9 Å². The average molecular weight is 391 g/mol. The van der Waals surface area contributed by atoms with Crippen molar-refractivity contribution in [3.63, 3.8) is 0 Å². The number of carbonyl (C=O) groups is 2. The summed E-state index contributed by atoms with van der Waals surface area (Å²) in [5.74, 6) is 0. The molecule has 2 atom stereocenters. The molecule has 1 N–H and O–H groups in total. The quantitative estimate of drug-likeness (QED) is 0.387. The highest BCUT2D eigenvalue weighted by atomic mass is 32.2. The molecular weight excluding hydrogens is 366 g/mol. The Labute approximate surface area is 162 Å². The van der Waals surface area contributed by atoms with Crippen LogP contribution in [-0.4, -0.2) is 65.5 Å². The van der Waals surface area contributed by atoms with Crippen molar-refractivity contribution in [3.8, 4) is 0 Å². The van der Waals surface area contributed by atoms with Gasteiger partial charge in [-0.1, -0.05) is 12.1 Å². The summed E-state index contributed by atoms with van der Waals surface area (Å²) in [5, 5.41) is 3.35. The number of carbonyl (C=O) groups excluding carboxylic acids is 2. The number of nitrogens with one attached hydrogen (secondary N) is 1. The van der Waals surface area contributed by atoms with Crippen molar-refractivity contribution in [1.82, 2.24) is 14.5 Å². The molecule has 0 aromatic heterocycles. The molecular formula is C19H25N3O4S. The van der Waals surface area contributed by atoms with Gasteiger partial charge < -0.3 is 19.5 Å². The van der Waals surface area contributed by atoms with Gasteiger partial charge in [0, 0.05) is 37.0 Å². The zero-order valence-electron chi connectivity index (χ0n) is 15.6. The van der Waals surface area contributed by atoms with Crippen molar-refractivity contribution >= 4 is 30.2 Å². The summed E-state index contributed by atoms with van der Waals surface area (Å²) < 4.78 is 20.2. The first-order valence-corrected chi connectivity index (χ1v) is 10.1. The monoisotopic (exact) mass is 391 g/mol. The van der Waals surface area contributed by atoms with Gasteiger partial charge in [-0.05, 0) is 38.5 Å². The van der Waals surface area contributed by atoms with Crippen LogP contribution in [0.2, 0.25) is 0 Å². The maximum Gasteiger partial charge on any atom is 0.294 e. The summed E-state index contributed by atoms with van der Waals surface area (Å²) in [5.41, 5.74) is 1.08. The first-order chi connectivity index (χ1) is 13.1. The molecule has 1 saturated heterocycles. The standard InChI is InChI=1S/C19H25N3O4S/c1-20-18-7-11-22(19(18)8-9-19)27(25)17-5-3-4-15(12-23)16(17)6-10-21(2)13-26-14-24/h3-6,10,12,14,18,20H,7-9,11,13H2,1-2H3/b10-6-. The Bertz CT molecular complexity index is 723. The molecule has 1 aliphatic carbocycles. The second kappa shape index (κ2) is 8.43. The van der Waals surface area contributed by atoms with Crippen LogP contribution in [-0.2, 0) is 20.9 Å². The molecule has 1 heterocycles. The minimum atomic E-state index is -1.35.